The Kier molecular flexibility index (Phi) is 11.9. The molecule has 0 bridgehead atoms. The maximum Gasteiger partial charge on any atom is 0.191 e. The SMILES string of the molecule is CCc1nncn1CCNC(=NCC(c1ccco1)N1CCCCC1)NCCOC.I. The fourth-order valence-electron chi connectivity index (χ4n) is 3.75. The number of aromatic nitrogens is 3. The summed E-state index contributed by atoms with van der Waals surface area (Å²) in [5, 5.41) is 14.9. The van der Waals surface area contributed by atoms with Gasteiger partial charge in [0.1, 0.15) is 17.9 Å². The highest BCUT2D eigenvalue weighted by molar-refractivity contribution is 14.0. The molecule has 2 aromatic rings. The first-order chi connectivity index (χ1) is 14.8. The molecule has 3 heterocycles. The second-order valence-corrected chi connectivity index (χ2v) is 7.46. The molecule has 174 valence electrons. The fourth-order valence-corrected chi connectivity index (χ4v) is 3.75. The molecule has 2 aromatic heterocycles. The lowest BCUT2D eigenvalue weighted by molar-refractivity contribution is 0.150. The van der Waals surface area contributed by atoms with Crippen LogP contribution in [0, 0.1) is 0 Å². The maximum atomic E-state index is 5.75. The highest BCUT2D eigenvalue weighted by Gasteiger charge is 2.24. The second-order valence-electron chi connectivity index (χ2n) is 7.46. The highest BCUT2D eigenvalue weighted by atomic mass is 127. The Morgan fingerprint density at radius 1 is 1.26 bits per heavy atom. The molecule has 1 aliphatic heterocycles. The van der Waals surface area contributed by atoms with Gasteiger partial charge in [0.05, 0.1) is 25.5 Å². The van der Waals surface area contributed by atoms with Crippen molar-refractivity contribution in [1.82, 2.24) is 30.3 Å². The van der Waals surface area contributed by atoms with Crippen molar-refractivity contribution in [1.29, 1.82) is 0 Å². The van der Waals surface area contributed by atoms with Crippen molar-refractivity contribution in [3.05, 3.63) is 36.3 Å². The number of piperidine rings is 1. The summed E-state index contributed by atoms with van der Waals surface area (Å²) in [5.41, 5.74) is 0. The van der Waals surface area contributed by atoms with E-state index in [2.05, 4.69) is 43.3 Å². The van der Waals surface area contributed by atoms with Crippen LogP contribution in [0.25, 0.3) is 0 Å². The van der Waals surface area contributed by atoms with E-state index in [4.69, 9.17) is 14.1 Å². The van der Waals surface area contributed by atoms with Crippen LogP contribution in [0.3, 0.4) is 0 Å². The summed E-state index contributed by atoms with van der Waals surface area (Å²) in [6.45, 7) is 7.76. The number of rotatable bonds is 11. The topological polar surface area (TPSA) is 92.7 Å². The zero-order chi connectivity index (χ0) is 21.0. The molecule has 9 nitrogen and oxygen atoms in total. The van der Waals surface area contributed by atoms with E-state index >= 15 is 0 Å². The number of aryl methyl sites for hydroxylation is 1. The largest absolute Gasteiger partial charge is 0.468 e. The summed E-state index contributed by atoms with van der Waals surface area (Å²) in [4.78, 5) is 7.37. The quantitative estimate of drug-likeness (QED) is 0.194. The van der Waals surface area contributed by atoms with Crippen LogP contribution in [0.1, 0.15) is 43.8 Å². The predicted octanol–water partition coefficient (Wildman–Crippen LogP) is 2.46. The molecule has 31 heavy (non-hydrogen) atoms. The molecule has 1 unspecified atom stereocenters. The first-order valence-corrected chi connectivity index (χ1v) is 11.0. The van der Waals surface area contributed by atoms with E-state index in [9.17, 15) is 0 Å². The molecule has 0 spiro atoms. The molecule has 1 fully saturated rings. The Balaban J connectivity index is 0.00000341. The fraction of sp³-hybridized carbons (Fsp3) is 0.667. The van der Waals surface area contributed by atoms with Crippen molar-refractivity contribution in [3.63, 3.8) is 0 Å². The molecule has 1 saturated heterocycles. The van der Waals surface area contributed by atoms with Gasteiger partial charge >= 0.3 is 0 Å². The van der Waals surface area contributed by atoms with E-state index in [0.29, 0.717) is 19.7 Å². The van der Waals surface area contributed by atoms with E-state index in [-0.39, 0.29) is 30.0 Å². The van der Waals surface area contributed by atoms with Gasteiger partial charge in [0.15, 0.2) is 5.96 Å². The van der Waals surface area contributed by atoms with Crippen molar-refractivity contribution in [2.24, 2.45) is 4.99 Å². The number of likely N-dealkylation sites (tertiary alicyclic amines) is 1. The summed E-state index contributed by atoms with van der Waals surface area (Å²) in [7, 11) is 1.70. The number of hydrogen-bond acceptors (Lipinski definition) is 6. The first kappa shape index (κ1) is 25.6. The van der Waals surface area contributed by atoms with Gasteiger partial charge in [-0.25, -0.2) is 0 Å². The van der Waals surface area contributed by atoms with Crippen LogP contribution in [0.15, 0.2) is 34.1 Å². The highest BCUT2D eigenvalue weighted by Crippen LogP contribution is 2.25. The lowest BCUT2D eigenvalue weighted by Gasteiger charge is -2.32. The zero-order valence-electron chi connectivity index (χ0n) is 18.6. The minimum absolute atomic E-state index is 0. The molecule has 0 aliphatic carbocycles. The normalized spacial score (nSPS) is 16.0. The van der Waals surface area contributed by atoms with Gasteiger partial charge in [-0.3, -0.25) is 9.89 Å². The van der Waals surface area contributed by atoms with Crippen LogP contribution in [0.2, 0.25) is 0 Å². The summed E-state index contributed by atoms with van der Waals surface area (Å²) in [6.07, 6.45) is 8.16. The van der Waals surface area contributed by atoms with Gasteiger partial charge in [-0.05, 0) is 38.1 Å². The molecule has 0 radical (unpaired) electrons. The molecule has 0 saturated carbocycles. The van der Waals surface area contributed by atoms with Gasteiger partial charge in [0, 0.05) is 33.2 Å². The summed E-state index contributed by atoms with van der Waals surface area (Å²) >= 11 is 0. The van der Waals surface area contributed by atoms with E-state index < -0.39 is 0 Å². The van der Waals surface area contributed by atoms with Crippen LogP contribution in [-0.4, -0.2) is 72.1 Å². The number of aliphatic imine (C=N–C) groups is 1. The van der Waals surface area contributed by atoms with Crippen molar-refractivity contribution >= 4 is 29.9 Å². The average molecular weight is 545 g/mol. The molecule has 10 heteroatoms. The van der Waals surface area contributed by atoms with Gasteiger partial charge in [-0.2, -0.15) is 0 Å². The first-order valence-electron chi connectivity index (χ1n) is 11.0. The third kappa shape index (κ3) is 8.08. The Hall–Kier alpha value is -1.66. The van der Waals surface area contributed by atoms with Gasteiger partial charge in [-0.15, -0.1) is 34.2 Å². The van der Waals surface area contributed by atoms with E-state index in [1.165, 1.54) is 19.3 Å². The van der Waals surface area contributed by atoms with E-state index in [0.717, 1.165) is 50.1 Å². The van der Waals surface area contributed by atoms with Crippen LogP contribution >= 0.6 is 24.0 Å². The summed E-state index contributed by atoms with van der Waals surface area (Å²) in [6, 6.07) is 4.17. The minimum Gasteiger partial charge on any atom is -0.468 e. The third-order valence-corrected chi connectivity index (χ3v) is 5.38. The minimum atomic E-state index is 0. The van der Waals surface area contributed by atoms with Crippen molar-refractivity contribution < 1.29 is 9.15 Å². The zero-order valence-corrected chi connectivity index (χ0v) is 21.0. The van der Waals surface area contributed by atoms with E-state index in [1.54, 1.807) is 19.7 Å². The number of ether oxygens (including phenoxy) is 1. The summed E-state index contributed by atoms with van der Waals surface area (Å²) < 4.78 is 13.0. The Morgan fingerprint density at radius 2 is 2.06 bits per heavy atom. The molecule has 0 aromatic carbocycles. The Morgan fingerprint density at radius 3 is 2.77 bits per heavy atom. The van der Waals surface area contributed by atoms with Crippen LogP contribution < -0.4 is 10.6 Å². The number of nitrogens with one attached hydrogen (secondary N) is 2. The number of hydrogen-bond donors (Lipinski definition) is 2. The van der Waals surface area contributed by atoms with Gasteiger partial charge in [0.25, 0.3) is 0 Å². The summed E-state index contributed by atoms with van der Waals surface area (Å²) in [5.74, 6) is 2.76. The molecular weight excluding hydrogens is 509 g/mol. The Labute approximate surface area is 202 Å². The monoisotopic (exact) mass is 545 g/mol. The number of furan rings is 1. The number of nitrogens with zero attached hydrogens (tertiary/aromatic N) is 5. The molecule has 2 N–H and O–H groups in total. The lowest BCUT2D eigenvalue weighted by Crippen LogP contribution is -2.41. The molecular formula is C21H36IN7O2. The molecule has 0 amide bonds. The van der Waals surface area contributed by atoms with Gasteiger partial charge in [0.2, 0.25) is 0 Å². The maximum absolute atomic E-state index is 5.75. The predicted molar refractivity (Wildman–Crippen MR) is 132 cm³/mol. The number of halogens is 1. The number of methoxy groups -OCH3 is 1. The molecule has 1 atom stereocenters. The van der Waals surface area contributed by atoms with Crippen molar-refractivity contribution in [2.75, 3.05) is 46.4 Å². The smallest absolute Gasteiger partial charge is 0.191 e. The van der Waals surface area contributed by atoms with Crippen molar-refractivity contribution in [3.8, 4) is 0 Å². The second kappa shape index (κ2) is 14.4. The Bertz CT molecular complexity index is 745. The molecule has 1 aliphatic rings. The standard InChI is InChI=1S/C21H35N7O2.HI/c1-3-20-26-25-17-28(20)13-9-22-21(23-10-15-29-2)24-16-18(19-8-7-14-30-19)27-11-5-4-6-12-27;/h7-8,14,17-18H,3-6,9-13,15-16H2,1-2H3,(H2,22,23,24);1H. The van der Waals surface area contributed by atoms with Crippen LogP contribution in [0.4, 0.5) is 0 Å². The van der Waals surface area contributed by atoms with Gasteiger partial charge < -0.3 is 24.4 Å². The third-order valence-electron chi connectivity index (χ3n) is 5.38. The van der Waals surface area contributed by atoms with Crippen LogP contribution in [0.5, 0.6) is 0 Å². The lowest BCUT2D eigenvalue weighted by atomic mass is 10.1. The van der Waals surface area contributed by atoms with E-state index in [1.807, 2.05) is 6.07 Å². The van der Waals surface area contributed by atoms with Gasteiger partial charge in [-0.1, -0.05) is 13.3 Å². The average Bonchev–Trinajstić information content (AvgIpc) is 3.46. The van der Waals surface area contributed by atoms with Crippen molar-refractivity contribution in [2.45, 2.75) is 45.2 Å². The number of guanidine groups is 1. The van der Waals surface area contributed by atoms with Crippen LogP contribution in [-0.2, 0) is 17.7 Å². The molecule has 3 rings (SSSR count).